The smallest absolute Gasteiger partial charge is 0.228 e. The summed E-state index contributed by atoms with van der Waals surface area (Å²) in [6, 6.07) is 8.63. The van der Waals surface area contributed by atoms with Crippen molar-refractivity contribution in [2.45, 2.75) is 43.4 Å². The van der Waals surface area contributed by atoms with Crippen molar-refractivity contribution in [2.75, 3.05) is 6.54 Å². The fourth-order valence-electron chi connectivity index (χ4n) is 1.97. The summed E-state index contributed by atoms with van der Waals surface area (Å²) in [5, 5.41) is 7.47. The Morgan fingerprint density at radius 1 is 1.29 bits per heavy atom. The molecule has 21 heavy (non-hydrogen) atoms. The molecule has 1 aromatic carbocycles. The van der Waals surface area contributed by atoms with Crippen molar-refractivity contribution in [1.29, 1.82) is 0 Å². The van der Waals surface area contributed by atoms with Gasteiger partial charge >= 0.3 is 0 Å². The maximum atomic E-state index is 5.33. The lowest BCUT2D eigenvalue weighted by atomic mass is 10.1. The van der Waals surface area contributed by atoms with Crippen LogP contribution >= 0.6 is 27.7 Å². The van der Waals surface area contributed by atoms with Crippen molar-refractivity contribution in [3.63, 3.8) is 0 Å². The van der Waals surface area contributed by atoms with E-state index in [2.05, 4.69) is 57.4 Å². The summed E-state index contributed by atoms with van der Waals surface area (Å²) in [6.07, 6.45) is 1.85. The largest absolute Gasteiger partial charge is 0.339 e. The van der Waals surface area contributed by atoms with Crippen molar-refractivity contribution >= 4 is 27.7 Å². The average molecular weight is 370 g/mol. The van der Waals surface area contributed by atoms with Crippen LogP contribution in [0.15, 0.2) is 38.2 Å². The highest BCUT2D eigenvalue weighted by atomic mass is 79.9. The van der Waals surface area contributed by atoms with Crippen LogP contribution in [0, 0.1) is 0 Å². The van der Waals surface area contributed by atoms with Gasteiger partial charge < -0.3 is 9.84 Å². The van der Waals surface area contributed by atoms with E-state index in [4.69, 9.17) is 4.52 Å². The van der Waals surface area contributed by atoms with Crippen molar-refractivity contribution < 1.29 is 4.52 Å². The van der Waals surface area contributed by atoms with Gasteiger partial charge in [-0.3, -0.25) is 0 Å². The van der Waals surface area contributed by atoms with E-state index in [1.807, 2.05) is 12.1 Å². The number of thioether (sulfide) groups is 1. The highest BCUT2D eigenvalue weighted by Gasteiger charge is 2.12. The standard InChI is InChI=1S/C15H20BrN3OS/c1-3-12(17-4-2)9-15-18-14(19-20-15)10-21-13-7-5-11(16)6-8-13/h5-8,12,17H,3-4,9-10H2,1-2H3. The maximum absolute atomic E-state index is 5.33. The molecule has 2 aromatic rings. The molecule has 1 aromatic heterocycles. The lowest BCUT2D eigenvalue weighted by molar-refractivity contribution is 0.352. The number of rotatable bonds is 8. The zero-order valence-electron chi connectivity index (χ0n) is 12.3. The average Bonchev–Trinajstić information content (AvgIpc) is 2.94. The zero-order valence-corrected chi connectivity index (χ0v) is 14.7. The van der Waals surface area contributed by atoms with E-state index >= 15 is 0 Å². The molecule has 0 amide bonds. The molecule has 0 aliphatic rings. The summed E-state index contributed by atoms with van der Waals surface area (Å²) in [7, 11) is 0. The van der Waals surface area contributed by atoms with Crippen molar-refractivity contribution in [1.82, 2.24) is 15.5 Å². The predicted octanol–water partition coefficient (Wildman–Crippen LogP) is 4.06. The van der Waals surface area contributed by atoms with Crippen LogP contribution in [0.3, 0.4) is 0 Å². The second-order valence-corrected chi connectivity index (χ2v) is 6.68. The van der Waals surface area contributed by atoms with Crippen LogP contribution < -0.4 is 5.32 Å². The Morgan fingerprint density at radius 2 is 2.05 bits per heavy atom. The van der Waals surface area contributed by atoms with Gasteiger partial charge in [0.2, 0.25) is 5.89 Å². The number of likely N-dealkylation sites (N-methyl/N-ethyl adjacent to an activating group) is 1. The van der Waals surface area contributed by atoms with Crippen LogP contribution in [0.25, 0.3) is 0 Å². The Hall–Kier alpha value is -0.850. The van der Waals surface area contributed by atoms with Gasteiger partial charge in [-0.05, 0) is 37.2 Å². The minimum absolute atomic E-state index is 0.405. The lowest BCUT2D eigenvalue weighted by Crippen LogP contribution is -2.30. The van der Waals surface area contributed by atoms with Gasteiger partial charge in [-0.15, -0.1) is 11.8 Å². The van der Waals surface area contributed by atoms with E-state index in [1.165, 1.54) is 4.90 Å². The number of hydrogen-bond acceptors (Lipinski definition) is 5. The molecule has 1 unspecified atom stereocenters. The Balaban J connectivity index is 1.86. The minimum Gasteiger partial charge on any atom is -0.339 e. The summed E-state index contributed by atoms with van der Waals surface area (Å²) < 4.78 is 6.41. The third kappa shape index (κ3) is 5.45. The summed E-state index contributed by atoms with van der Waals surface area (Å²) >= 11 is 5.14. The van der Waals surface area contributed by atoms with E-state index < -0.39 is 0 Å². The number of nitrogens with zero attached hydrogens (tertiary/aromatic N) is 2. The van der Waals surface area contributed by atoms with Crippen LogP contribution in [-0.4, -0.2) is 22.7 Å². The van der Waals surface area contributed by atoms with Gasteiger partial charge in [-0.1, -0.05) is 34.9 Å². The van der Waals surface area contributed by atoms with Gasteiger partial charge in [-0.2, -0.15) is 4.98 Å². The monoisotopic (exact) mass is 369 g/mol. The number of halogens is 1. The topological polar surface area (TPSA) is 51.0 Å². The first-order valence-electron chi connectivity index (χ1n) is 7.14. The van der Waals surface area contributed by atoms with Crippen LogP contribution in [0.1, 0.15) is 32.0 Å². The molecule has 0 fully saturated rings. The molecular formula is C15H20BrN3OS. The first-order valence-corrected chi connectivity index (χ1v) is 8.92. The van der Waals surface area contributed by atoms with Crippen LogP contribution in [0.5, 0.6) is 0 Å². The molecule has 0 spiro atoms. The molecule has 1 N–H and O–H groups in total. The van der Waals surface area contributed by atoms with E-state index in [0.717, 1.165) is 35.4 Å². The zero-order chi connectivity index (χ0) is 15.1. The number of nitrogens with one attached hydrogen (secondary N) is 1. The molecule has 0 bridgehead atoms. The Kier molecular flexibility index (Phi) is 6.73. The SMILES string of the molecule is CCNC(CC)Cc1nc(CSc2ccc(Br)cc2)no1. The van der Waals surface area contributed by atoms with Gasteiger partial charge in [0.15, 0.2) is 5.82 Å². The van der Waals surface area contributed by atoms with E-state index in [1.54, 1.807) is 11.8 Å². The lowest BCUT2D eigenvalue weighted by Gasteiger charge is -2.12. The first kappa shape index (κ1) is 16.5. The van der Waals surface area contributed by atoms with Crippen LogP contribution in [0.4, 0.5) is 0 Å². The minimum atomic E-state index is 0.405. The van der Waals surface area contributed by atoms with Gasteiger partial charge in [-0.25, -0.2) is 0 Å². The third-order valence-corrected chi connectivity index (χ3v) is 4.64. The maximum Gasteiger partial charge on any atom is 0.228 e. The quantitative estimate of drug-likeness (QED) is 0.711. The molecular weight excluding hydrogens is 350 g/mol. The Morgan fingerprint density at radius 3 is 2.71 bits per heavy atom. The fourth-order valence-corrected chi connectivity index (χ4v) is 2.98. The summed E-state index contributed by atoms with van der Waals surface area (Å²) in [5.41, 5.74) is 0. The Bertz CT molecular complexity index is 544. The number of benzene rings is 1. The highest BCUT2D eigenvalue weighted by molar-refractivity contribution is 9.10. The first-order chi connectivity index (χ1) is 10.2. The summed E-state index contributed by atoms with van der Waals surface area (Å²) in [4.78, 5) is 5.66. The molecule has 0 radical (unpaired) electrons. The summed E-state index contributed by atoms with van der Waals surface area (Å²) in [6.45, 7) is 5.23. The number of aromatic nitrogens is 2. The van der Waals surface area contributed by atoms with Gasteiger partial charge in [0.05, 0.1) is 5.75 Å². The molecule has 6 heteroatoms. The van der Waals surface area contributed by atoms with Gasteiger partial charge in [0.25, 0.3) is 0 Å². The van der Waals surface area contributed by atoms with Crippen LogP contribution in [0.2, 0.25) is 0 Å². The molecule has 1 heterocycles. The molecule has 0 saturated heterocycles. The highest BCUT2D eigenvalue weighted by Crippen LogP contribution is 2.23. The molecule has 2 rings (SSSR count). The predicted molar refractivity (Wildman–Crippen MR) is 89.5 cm³/mol. The molecule has 0 aliphatic carbocycles. The normalized spacial score (nSPS) is 12.5. The molecule has 4 nitrogen and oxygen atoms in total. The van der Waals surface area contributed by atoms with Crippen molar-refractivity contribution in [3.05, 3.63) is 40.5 Å². The second kappa shape index (κ2) is 8.56. The van der Waals surface area contributed by atoms with Crippen LogP contribution in [-0.2, 0) is 12.2 Å². The molecule has 0 saturated carbocycles. The van der Waals surface area contributed by atoms with E-state index in [-0.39, 0.29) is 0 Å². The summed E-state index contributed by atoms with van der Waals surface area (Å²) in [5.74, 6) is 2.20. The Labute approximate surface area is 138 Å². The van der Waals surface area contributed by atoms with Gasteiger partial charge in [0, 0.05) is 21.8 Å². The van der Waals surface area contributed by atoms with E-state index in [0.29, 0.717) is 11.9 Å². The fraction of sp³-hybridized carbons (Fsp3) is 0.467. The number of hydrogen-bond donors (Lipinski definition) is 1. The second-order valence-electron chi connectivity index (χ2n) is 4.71. The molecule has 1 atom stereocenters. The van der Waals surface area contributed by atoms with Gasteiger partial charge in [0.1, 0.15) is 0 Å². The van der Waals surface area contributed by atoms with Crippen molar-refractivity contribution in [3.8, 4) is 0 Å². The third-order valence-electron chi connectivity index (χ3n) is 3.10. The van der Waals surface area contributed by atoms with Crippen molar-refractivity contribution in [2.24, 2.45) is 0 Å². The van der Waals surface area contributed by atoms with E-state index in [9.17, 15) is 0 Å². The molecule has 114 valence electrons. The molecule has 0 aliphatic heterocycles.